The van der Waals surface area contributed by atoms with Crippen LogP contribution >= 0.6 is 22.7 Å². The normalized spacial score (nSPS) is 24.1. The summed E-state index contributed by atoms with van der Waals surface area (Å²) in [7, 11) is 2.03. The Hall–Kier alpha value is -3.02. The van der Waals surface area contributed by atoms with E-state index in [2.05, 4.69) is 24.7 Å². The molecule has 0 amide bonds. The highest BCUT2D eigenvalue weighted by Crippen LogP contribution is 2.40. The van der Waals surface area contributed by atoms with Gasteiger partial charge < -0.3 is 9.80 Å². The molecule has 0 saturated carbocycles. The first kappa shape index (κ1) is 19.6. The second kappa shape index (κ2) is 6.99. The first-order valence-electron chi connectivity index (χ1n) is 10.2. The van der Waals surface area contributed by atoms with Crippen molar-refractivity contribution in [2.75, 3.05) is 29.9 Å². The molecule has 2 aromatic rings. The van der Waals surface area contributed by atoms with E-state index < -0.39 is 0 Å². The number of carbonyl (C=O) groups excluding carboxylic acids is 4. The van der Waals surface area contributed by atoms with Gasteiger partial charge in [0.05, 0.1) is 12.3 Å². The van der Waals surface area contributed by atoms with Crippen LogP contribution in [0.2, 0.25) is 0 Å². The third-order valence-corrected chi connectivity index (χ3v) is 8.54. The third kappa shape index (κ3) is 2.78. The Kier molecular flexibility index (Phi) is 4.29. The van der Waals surface area contributed by atoms with Crippen molar-refractivity contribution in [1.82, 2.24) is 14.9 Å². The smallest absolute Gasteiger partial charge is 0.206 e. The molecule has 6 rings (SSSR count). The fourth-order valence-corrected chi connectivity index (χ4v) is 6.51. The molecule has 2 fully saturated rings. The molecule has 2 aliphatic heterocycles. The van der Waals surface area contributed by atoms with Gasteiger partial charge in [0.25, 0.3) is 0 Å². The van der Waals surface area contributed by atoms with Crippen LogP contribution in [0.5, 0.6) is 0 Å². The second-order valence-corrected chi connectivity index (χ2v) is 10.0. The average molecular weight is 468 g/mol. The summed E-state index contributed by atoms with van der Waals surface area (Å²) in [5, 5.41) is 1.36. The van der Waals surface area contributed by atoms with Crippen molar-refractivity contribution in [1.29, 1.82) is 0 Å². The van der Waals surface area contributed by atoms with E-state index in [1.54, 1.807) is 0 Å². The lowest BCUT2D eigenvalue weighted by atomic mass is 10.1. The number of anilines is 2. The number of thiazole rings is 2. The van der Waals surface area contributed by atoms with Gasteiger partial charge in [-0.15, -0.1) is 0 Å². The molecular weight excluding hydrogens is 450 g/mol. The minimum Gasteiger partial charge on any atom is -0.332 e. The monoisotopic (exact) mass is 467 g/mol. The van der Waals surface area contributed by atoms with Gasteiger partial charge in [-0.05, 0) is 44.2 Å². The molecular formula is C21H17N5O4S2. The van der Waals surface area contributed by atoms with Crippen LogP contribution in [-0.2, 0) is 0 Å². The van der Waals surface area contributed by atoms with Crippen molar-refractivity contribution in [3.8, 4) is 0 Å². The Morgan fingerprint density at radius 3 is 1.50 bits per heavy atom. The maximum Gasteiger partial charge on any atom is 0.206 e. The highest BCUT2D eigenvalue weighted by Gasteiger charge is 2.43. The van der Waals surface area contributed by atoms with Gasteiger partial charge in [-0.3, -0.25) is 24.1 Å². The Balaban J connectivity index is 1.22. The molecule has 0 spiro atoms. The van der Waals surface area contributed by atoms with E-state index in [1.165, 1.54) is 47.0 Å². The van der Waals surface area contributed by atoms with Crippen LogP contribution in [0.4, 0.5) is 10.3 Å². The van der Waals surface area contributed by atoms with E-state index >= 15 is 0 Å². The predicted octanol–water partition coefficient (Wildman–Crippen LogP) is 2.17. The molecule has 9 nitrogen and oxygen atoms in total. The van der Waals surface area contributed by atoms with E-state index in [4.69, 9.17) is 0 Å². The van der Waals surface area contributed by atoms with E-state index in [1.807, 2.05) is 7.05 Å². The van der Waals surface area contributed by atoms with Crippen molar-refractivity contribution >= 4 is 56.1 Å². The molecule has 4 heterocycles. The third-order valence-electron chi connectivity index (χ3n) is 6.33. The van der Waals surface area contributed by atoms with Crippen molar-refractivity contribution in [3.63, 3.8) is 0 Å². The number of hydrogen-bond acceptors (Lipinski definition) is 11. The van der Waals surface area contributed by atoms with Crippen molar-refractivity contribution in [3.05, 3.63) is 45.4 Å². The first-order valence-corrected chi connectivity index (χ1v) is 11.9. The second-order valence-electron chi connectivity index (χ2n) is 8.06. The van der Waals surface area contributed by atoms with Crippen molar-refractivity contribution in [2.24, 2.45) is 0 Å². The fourth-order valence-electron chi connectivity index (χ4n) is 4.38. The van der Waals surface area contributed by atoms with Crippen LogP contribution in [-0.4, -0.2) is 70.5 Å². The number of rotatable bonds is 4. The lowest BCUT2D eigenvalue weighted by molar-refractivity contribution is 0.0889. The molecule has 0 radical (unpaired) electrons. The summed E-state index contributed by atoms with van der Waals surface area (Å²) >= 11 is 2.53. The molecule has 2 unspecified atom stereocenters. The van der Waals surface area contributed by atoms with Crippen LogP contribution in [0.1, 0.15) is 53.2 Å². The molecule has 11 heteroatoms. The zero-order valence-corrected chi connectivity index (χ0v) is 18.6. The number of aromatic nitrogens is 2. The minimum atomic E-state index is -0.232. The zero-order valence-electron chi connectivity index (χ0n) is 17.0. The predicted molar refractivity (Wildman–Crippen MR) is 119 cm³/mol. The lowest BCUT2D eigenvalue weighted by Crippen LogP contribution is -2.66. The number of ketones is 4. The summed E-state index contributed by atoms with van der Waals surface area (Å²) in [6.07, 6.45) is 7.17. The summed E-state index contributed by atoms with van der Waals surface area (Å²) in [6.45, 7) is 1.59. The topological polar surface area (TPSA) is 104 Å². The fraction of sp³-hybridized carbons (Fsp3) is 0.333. The van der Waals surface area contributed by atoms with E-state index in [0.29, 0.717) is 20.0 Å². The largest absolute Gasteiger partial charge is 0.332 e. The molecule has 4 aliphatic rings. The summed E-state index contributed by atoms with van der Waals surface area (Å²) in [6, 6.07) is 0. The van der Waals surface area contributed by atoms with Gasteiger partial charge in [0, 0.05) is 13.1 Å². The van der Waals surface area contributed by atoms with Gasteiger partial charge in [0.2, 0.25) is 11.6 Å². The number of hydrogen-bond donors (Lipinski definition) is 0. The van der Waals surface area contributed by atoms with Crippen LogP contribution < -0.4 is 9.80 Å². The molecule has 0 N–H and O–H groups in total. The van der Waals surface area contributed by atoms with Gasteiger partial charge in [0.1, 0.15) is 21.1 Å². The number of allylic oxidation sites excluding steroid dienone is 4. The summed E-state index contributed by atoms with van der Waals surface area (Å²) in [4.78, 5) is 64.6. The van der Waals surface area contributed by atoms with Crippen LogP contribution in [0.25, 0.3) is 0 Å². The zero-order chi connectivity index (χ0) is 22.1. The number of fused-ring (bicyclic) bond motifs is 2. The summed E-state index contributed by atoms with van der Waals surface area (Å²) < 4.78 is 0. The van der Waals surface area contributed by atoms with Crippen LogP contribution in [0.3, 0.4) is 0 Å². The van der Waals surface area contributed by atoms with E-state index in [0.717, 1.165) is 25.9 Å². The van der Waals surface area contributed by atoms with Gasteiger partial charge in [-0.1, -0.05) is 22.7 Å². The molecule has 2 aliphatic carbocycles. The van der Waals surface area contributed by atoms with E-state index in [9.17, 15) is 19.2 Å². The summed E-state index contributed by atoms with van der Waals surface area (Å²) in [5.74, 6) is -0.816. The molecule has 2 atom stereocenters. The lowest BCUT2D eigenvalue weighted by Gasteiger charge is -2.54. The SMILES string of the molecule is CN(C1CCN1c1nc2c(s1)C(=O)C=CC2=O)C1CCN1c1nc2c(s1)C(=O)C=CC2=O. The Morgan fingerprint density at radius 2 is 1.16 bits per heavy atom. The standard InChI is InChI=1S/C21H17N5O4S2/c1-24(14-6-8-25(14)20-22-16-10(27)2-4-12(29)18(16)31-20)15-7-9-26(15)21-23-17-11(28)3-5-13(30)19(17)32-21/h2-5,14-15H,6-9H2,1H3. The van der Waals surface area contributed by atoms with Crippen molar-refractivity contribution < 1.29 is 19.2 Å². The summed E-state index contributed by atoms with van der Waals surface area (Å²) in [5.41, 5.74) is 0.486. The highest BCUT2D eigenvalue weighted by atomic mass is 32.1. The van der Waals surface area contributed by atoms with Crippen molar-refractivity contribution in [2.45, 2.75) is 25.2 Å². The average Bonchev–Trinajstić information content (AvgIpc) is 3.32. The van der Waals surface area contributed by atoms with Gasteiger partial charge in [0.15, 0.2) is 21.8 Å². The quantitative estimate of drug-likeness (QED) is 0.669. The Labute approximate surface area is 190 Å². The van der Waals surface area contributed by atoms with E-state index in [-0.39, 0.29) is 46.9 Å². The van der Waals surface area contributed by atoms with Gasteiger partial charge in [-0.2, -0.15) is 0 Å². The van der Waals surface area contributed by atoms with Gasteiger partial charge >= 0.3 is 0 Å². The first-order chi connectivity index (χ1) is 15.4. The maximum atomic E-state index is 12.1. The number of carbonyl (C=O) groups is 4. The maximum absolute atomic E-state index is 12.1. The molecule has 2 aromatic heterocycles. The Morgan fingerprint density at radius 1 is 0.750 bits per heavy atom. The minimum absolute atomic E-state index is 0.0769. The molecule has 0 aromatic carbocycles. The molecule has 162 valence electrons. The molecule has 2 saturated heterocycles. The van der Waals surface area contributed by atoms with Gasteiger partial charge in [-0.25, -0.2) is 9.97 Å². The van der Waals surface area contributed by atoms with Crippen LogP contribution in [0, 0.1) is 0 Å². The Bertz CT molecular complexity index is 1110. The van der Waals surface area contributed by atoms with Crippen LogP contribution in [0.15, 0.2) is 24.3 Å². The molecule has 32 heavy (non-hydrogen) atoms. The number of nitrogens with zero attached hydrogens (tertiary/aromatic N) is 5. The molecule has 0 bridgehead atoms. The highest BCUT2D eigenvalue weighted by molar-refractivity contribution is 7.18.